The third-order valence-electron chi connectivity index (χ3n) is 2.70. The molecule has 0 fully saturated rings. The van der Waals surface area contributed by atoms with Crippen LogP contribution in [0.3, 0.4) is 0 Å². The van der Waals surface area contributed by atoms with E-state index in [1.54, 1.807) is 0 Å². The van der Waals surface area contributed by atoms with Gasteiger partial charge in [-0.3, -0.25) is 4.79 Å². The molecule has 74 valence electrons. The predicted molar refractivity (Wildman–Crippen MR) is 54.7 cm³/mol. The van der Waals surface area contributed by atoms with E-state index in [2.05, 4.69) is 4.90 Å². The van der Waals surface area contributed by atoms with Gasteiger partial charge in [-0.15, -0.1) is 0 Å². The minimum absolute atomic E-state index is 0.147. The highest BCUT2D eigenvalue weighted by Crippen LogP contribution is 2.36. The third-order valence-corrected chi connectivity index (χ3v) is 2.70. The molecule has 0 saturated carbocycles. The van der Waals surface area contributed by atoms with Crippen LogP contribution in [-0.4, -0.2) is 24.7 Å². The summed E-state index contributed by atoms with van der Waals surface area (Å²) in [5.41, 5.74) is 2.33. The quantitative estimate of drug-likeness (QED) is 0.773. The maximum Gasteiger partial charge on any atom is 0.304 e. The Bertz CT molecular complexity index is 362. The molecule has 0 amide bonds. The molecule has 14 heavy (non-hydrogen) atoms. The highest BCUT2D eigenvalue weighted by Gasteiger charge is 2.27. The number of para-hydroxylation sites is 1. The Morgan fingerprint density at radius 1 is 1.57 bits per heavy atom. The minimum atomic E-state index is -0.722. The summed E-state index contributed by atoms with van der Waals surface area (Å²) < 4.78 is 0. The van der Waals surface area contributed by atoms with Crippen LogP contribution in [0.15, 0.2) is 24.3 Å². The van der Waals surface area contributed by atoms with Crippen LogP contribution in [-0.2, 0) is 4.79 Å². The van der Waals surface area contributed by atoms with E-state index in [-0.39, 0.29) is 12.3 Å². The van der Waals surface area contributed by atoms with E-state index in [1.807, 2.05) is 31.3 Å². The summed E-state index contributed by atoms with van der Waals surface area (Å²) in [4.78, 5) is 12.8. The number of anilines is 1. The van der Waals surface area contributed by atoms with Crippen LogP contribution < -0.4 is 4.90 Å². The molecule has 0 aliphatic carbocycles. The summed E-state index contributed by atoms with van der Waals surface area (Å²) in [6.45, 7) is 0.811. The smallest absolute Gasteiger partial charge is 0.304 e. The number of likely N-dealkylation sites (N-methyl/N-ethyl adjacent to an activating group) is 1. The Morgan fingerprint density at radius 3 is 3.00 bits per heavy atom. The summed E-state index contributed by atoms with van der Waals surface area (Å²) in [6.07, 6.45) is 0.224. The van der Waals surface area contributed by atoms with Crippen molar-refractivity contribution in [1.82, 2.24) is 0 Å². The van der Waals surface area contributed by atoms with Crippen molar-refractivity contribution in [2.75, 3.05) is 18.5 Å². The van der Waals surface area contributed by atoms with Crippen LogP contribution in [0.25, 0.3) is 0 Å². The zero-order valence-electron chi connectivity index (χ0n) is 8.10. The summed E-state index contributed by atoms with van der Waals surface area (Å²) in [7, 11) is 2.00. The van der Waals surface area contributed by atoms with E-state index in [1.165, 1.54) is 5.69 Å². The molecule has 0 saturated heterocycles. The highest BCUT2D eigenvalue weighted by molar-refractivity contribution is 5.71. The molecular weight excluding hydrogens is 178 g/mol. The van der Waals surface area contributed by atoms with Gasteiger partial charge in [0.25, 0.3) is 0 Å². The van der Waals surface area contributed by atoms with Crippen LogP contribution in [0.4, 0.5) is 5.69 Å². The summed E-state index contributed by atoms with van der Waals surface area (Å²) in [6, 6.07) is 8.01. The van der Waals surface area contributed by atoms with Gasteiger partial charge in [0, 0.05) is 25.2 Å². The molecule has 3 heteroatoms. The summed E-state index contributed by atoms with van der Waals surface area (Å²) in [5.74, 6) is -0.575. The molecule has 0 bridgehead atoms. The molecule has 0 radical (unpaired) electrons. The monoisotopic (exact) mass is 191 g/mol. The number of fused-ring (bicyclic) bond motifs is 1. The first-order chi connectivity index (χ1) is 6.68. The lowest BCUT2D eigenvalue weighted by atomic mass is 9.98. The second-order valence-corrected chi connectivity index (χ2v) is 3.73. The number of hydrogen-bond donors (Lipinski definition) is 1. The van der Waals surface area contributed by atoms with Crippen molar-refractivity contribution in [3.63, 3.8) is 0 Å². The second-order valence-electron chi connectivity index (χ2n) is 3.73. The molecular formula is C11H13NO2. The molecule has 2 rings (SSSR count). The highest BCUT2D eigenvalue weighted by atomic mass is 16.4. The van der Waals surface area contributed by atoms with Crippen LogP contribution >= 0.6 is 0 Å². The molecule has 1 aromatic carbocycles. The van der Waals surface area contributed by atoms with Gasteiger partial charge in [0.2, 0.25) is 0 Å². The summed E-state index contributed by atoms with van der Waals surface area (Å²) >= 11 is 0. The first-order valence-electron chi connectivity index (χ1n) is 4.70. The summed E-state index contributed by atoms with van der Waals surface area (Å²) in [5, 5.41) is 8.77. The zero-order chi connectivity index (χ0) is 10.1. The lowest BCUT2D eigenvalue weighted by Crippen LogP contribution is -2.16. The number of rotatable bonds is 2. The SMILES string of the molecule is CN1CC(CC(=O)O)c2ccccc21. The van der Waals surface area contributed by atoms with Gasteiger partial charge in [-0.25, -0.2) is 0 Å². The number of carbonyl (C=O) groups is 1. The Balaban J connectivity index is 2.29. The Kier molecular flexibility index (Phi) is 2.15. The zero-order valence-corrected chi connectivity index (χ0v) is 8.10. The third kappa shape index (κ3) is 1.45. The number of nitrogens with zero attached hydrogens (tertiary/aromatic N) is 1. The predicted octanol–water partition coefficient (Wildman–Crippen LogP) is 1.69. The Labute approximate surface area is 83.0 Å². The first-order valence-corrected chi connectivity index (χ1v) is 4.70. The van der Waals surface area contributed by atoms with Gasteiger partial charge in [0.1, 0.15) is 0 Å². The molecule has 1 N–H and O–H groups in total. The molecule has 1 unspecified atom stereocenters. The fourth-order valence-electron chi connectivity index (χ4n) is 2.09. The maximum atomic E-state index is 10.7. The van der Waals surface area contributed by atoms with Crippen molar-refractivity contribution in [1.29, 1.82) is 0 Å². The van der Waals surface area contributed by atoms with Crippen molar-refractivity contribution >= 4 is 11.7 Å². The van der Waals surface area contributed by atoms with Crippen LogP contribution in [0.1, 0.15) is 17.9 Å². The van der Waals surface area contributed by atoms with Crippen LogP contribution in [0.5, 0.6) is 0 Å². The lowest BCUT2D eigenvalue weighted by Gasteiger charge is -2.11. The lowest BCUT2D eigenvalue weighted by molar-refractivity contribution is -0.137. The van der Waals surface area contributed by atoms with E-state index in [0.29, 0.717) is 0 Å². The number of carboxylic acid groups (broad SMARTS) is 1. The van der Waals surface area contributed by atoms with Crippen molar-refractivity contribution in [3.05, 3.63) is 29.8 Å². The van der Waals surface area contributed by atoms with Gasteiger partial charge in [0.05, 0.1) is 6.42 Å². The second kappa shape index (κ2) is 3.33. The van der Waals surface area contributed by atoms with Crippen LogP contribution in [0.2, 0.25) is 0 Å². The molecule has 3 nitrogen and oxygen atoms in total. The van der Waals surface area contributed by atoms with E-state index in [9.17, 15) is 4.79 Å². The van der Waals surface area contributed by atoms with Gasteiger partial charge in [-0.1, -0.05) is 18.2 Å². The molecule has 0 spiro atoms. The molecule has 1 aliphatic rings. The minimum Gasteiger partial charge on any atom is -0.481 e. The van der Waals surface area contributed by atoms with Gasteiger partial charge in [0.15, 0.2) is 0 Å². The standard InChI is InChI=1S/C11H13NO2/c1-12-7-8(6-11(13)14)9-4-2-3-5-10(9)12/h2-5,8H,6-7H2,1H3,(H,13,14). The normalized spacial score (nSPS) is 19.5. The number of benzene rings is 1. The molecule has 1 heterocycles. The maximum absolute atomic E-state index is 10.7. The number of carboxylic acids is 1. The van der Waals surface area contributed by atoms with E-state index < -0.39 is 5.97 Å². The average molecular weight is 191 g/mol. The van der Waals surface area contributed by atoms with E-state index >= 15 is 0 Å². The molecule has 0 aromatic heterocycles. The van der Waals surface area contributed by atoms with Gasteiger partial charge in [-0.05, 0) is 11.6 Å². The average Bonchev–Trinajstić information content (AvgIpc) is 2.44. The van der Waals surface area contributed by atoms with Gasteiger partial charge in [-0.2, -0.15) is 0 Å². The van der Waals surface area contributed by atoms with Crippen molar-refractivity contribution in [2.24, 2.45) is 0 Å². The largest absolute Gasteiger partial charge is 0.481 e. The first kappa shape index (κ1) is 9.06. The topological polar surface area (TPSA) is 40.5 Å². The van der Waals surface area contributed by atoms with Crippen molar-refractivity contribution < 1.29 is 9.90 Å². The van der Waals surface area contributed by atoms with Crippen LogP contribution in [0, 0.1) is 0 Å². The van der Waals surface area contributed by atoms with E-state index in [4.69, 9.17) is 5.11 Å². The molecule has 1 atom stereocenters. The fourth-order valence-corrected chi connectivity index (χ4v) is 2.09. The van der Waals surface area contributed by atoms with Gasteiger partial charge < -0.3 is 10.0 Å². The van der Waals surface area contributed by atoms with Gasteiger partial charge >= 0.3 is 5.97 Å². The Hall–Kier alpha value is -1.51. The Morgan fingerprint density at radius 2 is 2.29 bits per heavy atom. The number of aliphatic carboxylic acids is 1. The fraction of sp³-hybridized carbons (Fsp3) is 0.364. The molecule has 1 aliphatic heterocycles. The van der Waals surface area contributed by atoms with E-state index in [0.717, 1.165) is 12.1 Å². The van der Waals surface area contributed by atoms with Crippen molar-refractivity contribution in [2.45, 2.75) is 12.3 Å². The molecule has 1 aromatic rings. The number of hydrogen-bond acceptors (Lipinski definition) is 2. The van der Waals surface area contributed by atoms with Crippen molar-refractivity contribution in [3.8, 4) is 0 Å².